The molecule has 0 spiro atoms. The van der Waals surface area contributed by atoms with Gasteiger partial charge in [0.2, 0.25) is 0 Å². The number of carbonyl (C=O) groups is 2. The molecule has 0 saturated heterocycles. The molecule has 11 heteroatoms. The molecule has 10 nitrogen and oxygen atoms in total. The number of halogens is 1. The van der Waals surface area contributed by atoms with Crippen LogP contribution in [0.15, 0.2) is 41.0 Å². The summed E-state index contributed by atoms with van der Waals surface area (Å²) in [5.41, 5.74) is 0.832. The molecular formula is C21H17ClN4O6. The topological polar surface area (TPSA) is 140 Å². The van der Waals surface area contributed by atoms with Crippen LogP contribution in [0, 0.1) is 35.3 Å². The molecule has 0 atom stereocenters. The lowest BCUT2D eigenvalue weighted by molar-refractivity contribution is -0.385. The van der Waals surface area contributed by atoms with Crippen LogP contribution in [0.1, 0.15) is 32.9 Å². The maximum absolute atomic E-state index is 12.5. The van der Waals surface area contributed by atoms with Crippen LogP contribution in [0.4, 0.5) is 11.5 Å². The third-order valence-electron chi connectivity index (χ3n) is 4.80. The maximum Gasteiger partial charge on any atom is 0.345 e. The Morgan fingerprint density at radius 2 is 2.09 bits per heavy atom. The van der Waals surface area contributed by atoms with Crippen molar-refractivity contribution in [2.45, 2.75) is 20.4 Å². The number of ether oxygens (including phenoxy) is 1. The van der Waals surface area contributed by atoms with Gasteiger partial charge in [0.25, 0.3) is 11.6 Å². The SMILES string of the molecule is Cc1c(C#N)c(NC(=O)COC(=O)c2ccc(Cl)cc2[N+](=O)[O-])n(Cc2ccco2)c1C. The molecular weight excluding hydrogens is 440 g/mol. The van der Waals surface area contributed by atoms with Gasteiger partial charge in [0.15, 0.2) is 6.61 Å². The van der Waals surface area contributed by atoms with Crippen molar-refractivity contribution in [2.24, 2.45) is 0 Å². The van der Waals surface area contributed by atoms with Crippen LogP contribution in [-0.4, -0.2) is 28.0 Å². The number of amides is 1. The molecule has 1 aromatic carbocycles. The fraction of sp³-hybridized carbons (Fsp3) is 0.190. The average molecular weight is 457 g/mol. The van der Waals surface area contributed by atoms with Crippen molar-refractivity contribution in [2.75, 3.05) is 11.9 Å². The zero-order valence-electron chi connectivity index (χ0n) is 17.0. The summed E-state index contributed by atoms with van der Waals surface area (Å²) in [6, 6.07) is 9.01. The Balaban J connectivity index is 1.77. The number of furan rings is 1. The van der Waals surface area contributed by atoms with Gasteiger partial charge < -0.3 is 19.0 Å². The smallest absolute Gasteiger partial charge is 0.345 e. The molecule has 0 bridgehead atoms. The van der Waals surface area contributed by atoms with E-state index in [4.69, 9.17) is 20.8 Å². The first-order valence-corrected chi connectivity index (χ1v) is 9.63. The summed E-state index contributed by atoms with van der Waals surface area (Å²) in [4.78, 5) is 35.1. The second-order valence-corrected chi connectivity index (χ2v) is 7.19. The van der Waals surface area contributed by atoms with E-state index in [9.17, 15) is 25.0 Å². The molecule has 3 rings (SSSR count). The Bertz CT molecular complexity index is 1240. The molecule has 3 aromatic rings. The minimum absolute atomic E-state index is 0.0816. The van der Waals surface area contributed by atoms with Crippen LogP contribution in [0.3, 0.4) is 0 Å². The van der Waals surface area contributed by atoms with E-state index in [2.05, 4.69) is 11.4 Å². The van der Waals surface area contributed by atoms with E-state index < -0.39 is 29.1 Å². The molecule has 0 aliphatic rings. The predicted molar refractivity (Wildman–Crippen MR) is 113 cm³/mol. The minimum Gasteiger partial charge on any atom is -0.467 e. The Labute approximate surface area is 187 Å². The van der Waals surface area contributed by atoms with Gasteiger partial charge in [0.05, 0.1) is 23.3 Å². The molecule has 0 aliphatic heterocycles. The van der Waals surface area contributed by atoms with Gasteiger partial charge in [-0.2, -0.15) is 5.26 Å². The van der Waals surface area contributed by atoms with Gasteiger partial charge in [-0.3, -0.25) is 14.9 Å². The summed E-state index contributed by atoms with van der Waals surface area (Å²) in [6.45, 7) is 3.11. The van der Waals surface area contributed by atoms with Crippen LogP contribution < -0.4 is 5.32 Å². The number of nitro benzene ring substituents is 1. The van der Waals surface area contributed by atoms with Gasteiger partial charge in [0.1, 0.15) is 23.2 Å². The number of esters is 1. The normalized spacial score (nSPS) is 10.4. The molecule has 1 N–H and O–H groups in total. The van der Waals surface area contributed by atoms with Gasteiger partial charge in [-0.25, -0.2) is 4.79 Å². The van der Waals surface area contributed by atoms with Crippen LogP contribution in [0.25, 0.3) is 0 Å². The van der Waals surface area contributed by atoms with E-state index in [0.717, 1.165) is 17.8 Å². The minimum atomic E-state index is -1.05. The molecule has 0 aliphatic carbocycles. The number of nitro groups is 1. The van der Waals surface area contributed by atoms with Gasteiger partial charge in [0, 0.05) is 16.8 Å². The van der Waals surface area contributed by atoms with Gasteiger partial charge in [-0.1, -0.05) is 11.6 Å². The fourth-order valence-electron chi connectivity index (χ4n) is 3.09. The van der Waals surface area contributed by atoms with Crippen molar-refractivity contribution in [3.05, 3.63) is 79.9 Å². The first kappa shape index (κ1) is 22.6. The van der Waals surface area contributed by atoms with Crippen molar-refractivity contribution in [1.29, 1.82) is 5.26 Å². The van der Waals surface area contributed by atoms with Gasteiger partial charge in [-0.05, 0) is 43.7 Å². The van der Waals surface area contributed by atoms with Gasteiger partial charge >= 0.3 is 5.97 Å². The van der Waals surface area contributed by atoms with Crippen LogP contribution >= 0.6 is 11.6 Å². The third kappa shape index (κ3) is 4.63. The molecule has 0 saturated carbocycles. The van der Waals surface area contributed by atoms with Crippen molar-refractivity contribution in [1.82, 2.24) is 4.57 Å². The number of nitrogens with one attached hydrogen (secondary N) is 1. The fourth-order valence-corrected chi connectivity index (χ4v) is 3.26. The van der Waals surface area contributed by atoms with Crippen molar-refractivity contribution < 1.29 is 23.7 Å². The molecule has 0 unspecified atom stereocenters. The molecule has 0 fully saturated rings. The second kappa shape index (κ2) is 9.36. The molecule has 0 radical (unpaired) electrons. The summed E-state index contributed by atoms with van der Waals surface area (Å²) in [5, 5.41) is 23.4. The Morgan fingerprint density at radius 3 is 2.72 bits per heavy atom. The Hall–Kier alpha value is -4.10. The quantitative estimate of drug-likeness (QED) is 0.322. The van der Waals surface area contributed by atoms with Crippen molar-refractivity contribution >= 4 is 35.0 Å². The van der Waals surface area contributed by atoms with E-state index in [1.807, 2.05) is 0 Å². The number of rotatable bonds is 7. The largest absolute Gasteiger partial charge is 0.467 e. The predicted octanol–water partition coefficient (Wildman–Crippen LogP) is 3.98. The highest BCUT2D eigenvalue weighted by Gasteiger charge is 2.24. The summed E-state index contributed by atoms with van der Waals surface area (Å²) in [5.74, 6) is -0.922. The van der Waals surface area contributed by atoms with Crippen LogP contribution in [0.2, 0.25) is 5.02 Å². The maximum atomic E-state index is 12.5. The van der Waals surface area contributed by atoms with Crippen LogP contribution in [-0.2, 0) is 16.1 Å². The Kier molecular flexibility index (Phi) is 6.61. The highest BCUT2D eigenvalue weighted by Crippen LogP contribution is 2.28. The highest BCUT2D eigenvalue weighted by molar-refractivity contribution is 6.31. The highest BCUT2D eigenvalue weighted by atomic mass is 35.5. The molecule has 2 heterocycles. The number of nitriles is 1. The summed E-state index contributed by atoms with van der Waals surface area (Å²) in [6.07, 6.45) is 1.51. The first-order chi connectivity index (χ1) is 15.2. The van der Waals surface area contributed by atoms with E-state index in [1.54, 1.807) is 30.5 Å². The number of anilines is 1. The van der Waals surface area contributed by atoms with Crippen molar-refractivity contribution in [3.63, 3.8) is 0 Å². The average Bonchev–Trinajstić information content (AvgIpc) is 3.35. The third-order valence-corrected chi connectivity index (χ3v) is 5.04. The molecule has 32 heavy (non-hydrogen) atoms. The summed E-state index contributed by atoms with van der Waals surface area (Å²) in [7, 11) is 0. The molecule has 164 valence electrons. The lowest BCUT2D eigenvalue weighted by Gasteiger charge is -2.12. The van der Waals surface area contributed by atoms with Crippen molar-refractivity contribution in [3.8, 4) is 6.07 Å². The van der Waals surface area contributed by atoms with Crippen LogP contribution in [0.5, 0.6) is 0 Å². The summed E-state index contributed by atoms with van der Waals surface area (Å²) >= 11 is 5.74. The standard InChI is InChI=1S/C21H17ClN4O6/c1-12-13(2)25(10-15-4-3-7-31-15)20(17(12)9-23)24-19(27)11-32-21(28)16-6-5-14(22)8-18(16)26(29)30/h3-8H,10-11H2,1-2H3,(H,24,27). The zero-order valence-corrected chi connectivity index (χ0v) is 17.8. The van der Waals surface area contributed by atoms with E-state index in [1.165, 1.54) is 12.3 Å². The first-order valence-electron chi connectivity index (χ1n) is 9.26. The van der Waals surface area contributed by atoms with E-state index >= 15 is 0 Å². The number of hydrogen-bond donors (Lipinski definition) is 1. The van der Waals surface area contributed by atoms with E-state index in [-0.39, 0.29) is 28.5 Å². The lowest BCUT2D eigenvalue weighted by atomic mass is 10.2. The lowest BCUT2D eigenvalue weighted by Crippen LogP contribution is -2.23. The Morgan fingerprint density at radius 1 is 1.34 bits per heavy atom. The number of aromatic nitrogens is 1. The molecule has 2 aromatic heterocycles. The van der Waals surface area contributed by atoms with Gasteiger partial charge in [-0.15, -0.1) is 0 Å². The monoisotopic (exact) mass is 456 g/mol. The second-order valence-electron chi connectivity index (χ2n) is 6.75. The molecule has 1 amide bonds. The number of hydrogen-bond acceptors (Lipinski definition) is 7. The summed E-state index contributed by atoms with van der Waals surface area (Å²) < 4.78 is 12.0. The number of benzene rings is 1. The number of nitrogens with zero attached hydrogens (tertiary/aromatic N) is 3. The van der Waals surface area contributed by atoms with E-state index in [0.29, 0.717) is 11.3 Å². The number of carbonyl (C=O) groups excluding carboxylic acids is 2. The zero-order chi connectivity index (χ0) is 23.4.